The number of carbonyl (C=O) groups excluding carboxylic acids is 2. The van der Waals surface area contributed by atoms with Gasteiger partial charge in [0, 0.05) is 23.9 Å². The van der Waals surface area contributed by atoms with Crippen molar-refractivity contribution in [1.29, 1.82) is 0 Å². The molecule has 31 heavy (non-hydrogen) atoms. The topological polar surface area (TPSA) is 113 Å². The maximum absolute atomic E-state index is 13.5. The number of hydrogen-bond donors (Lipinski definition) is 3. The molecule has 2 heterocycles. The molecule has 3 rings (SSSR count). The lowest BCUT2D eigenvalue weighted by Gasteiger charge is -2.21. The van der Waals surface area contributed by atoms with Crippen LogP contribution in [-0.4, -0.2) is 21.8 Å². The van der Waals surface area contributed by atoms with Crippen LogP contribution in [0, 0.1) is 0 Å². The second kappa shape index (κ2) is 8.86. The molecule has 1 aromatic carbocycles. The molecule has 0 bridgehead atoms. The molecule has 164 valence electrons. The second-order valence-electron chi connectivity index (χ2n) is 6.43. The van der Waals surface area contributed by atoms with Crippen LogP contribution in [0.1, 0.15) is 47.9 Å². The first-order valence-electron chi connectivity index (χ1n) is 9.03. The number of fused-ring (bicyclic) bond motifs is 1. The Morgan fingerprint density at radius 3 is 2.65 bits per heavy atom. The van der Waals surface area contributed by atoms with Gasteiger partial charge in [0.05, 0.1) is 22.8 Å². The fourth-order valence-corrected chi connectivity index (χ4v) is 3.52. The molecule has 3 aromatic rings. The van der Waals surface area contributed by atoms with E-state index in [1.807, 2.05) is 0 Å². The Balaban J connectivity index is 2.26. The van der Waals surface area contributed by atoms with E-state index in [1.54, 1.807) is 12.3 Å². The minimum Gasteiger partial charge on any atom is -0.370 e. The van der Waals surface area contributed by atoms with E-state index in [4.69, 9.17) is 4.84 Å². The maximum Gasteiger partial charge on any atom is 0.418 e. The Bertz CT molecular complexity index is 1180. The number of amides is 1. The highest BCUT2D eigenvalue weighted by Crippen LogP contribution is 2.34. The number of nitrogens with one attached hydrogen (secondary N) is 3. The minimum atomic E-state index is -4.74. The van der Waals surface area contributed by atoms with Crippen LogP contribution in [0.2, 0.25) is 0 Å². The molecule has 8 nitrogen and oxygen atoms in total. The summed E-state index contributed by atoms with van der Waals surface area (Å²) in [6.45, 7) is 2.77. The highest BCUT2D eigenvalue weighted by atomic mass is 32.1. The summed E-state index contributed by atoms with van der Waals surface area (Å²) in [5.74, 6) is -1.56. The molecule has 0 fully saturated rings. The van der Waals surface area contributed by atoms with Gasteiger partial charge in [-0.25, -0.2) is 4.98 Å². The van der Waals surface area contributed by atoms with Crippen molar-refractivity contribution in [2.24, 2.45) is 0 Å². The molecule has 1 atom stereocenters. The first-order chi connectivity index (χ1) is 14.6. The molecule has 0 saturated carbocycles. The molecule has 3 N–H and O–H groups in total. The summed E-state index contributed by atoms with van der Waals surface area (Å²) in [5.41, 5.74) is -0.582. The number of aromatic amines is 1. The van der Waals surface area contributed by atoms with Gasteiger partial charge in [0.2, 0.25) is 5.43 Å². The number of pyridine rings is 1. The van der Waals surface area contributed by atoms with E-state index in [0.29, 0.717) is 0 Å². The molecule has 0 saturated heterocycles. The Labute approximate surface area is 177 Å². The van der Waals surface area contributed by atoms with Crippen molar-refractivity contribution in [2.45, 2.75) is 32.5 Å². The van der Waals surface area contributed by atoms with Crippen LogP contribution in [0.5, 0.6) is 0 Å². The zero-order chi connectivity index (χ0) is 22.8. The summed E-state index contributed by atoms with van der Waals surface area (Å²) in [4.78, 5) is 48.5. The number of nitrogens with zero attached hydrogens (tertiary/aromatic N) is 1. The second-order valence-corrected chi connectivity index (χ2v) is 7.33. The van der Waals surface area contributed by atoms with E-state index in [9.17, 15) is 27.6 Å². The zero-order valence-electron chi connectivity index (χ0n) is 16.3. The van der Waals surface area contributed by atoms with Crippen LogP contribution in [0.25, 0.3) is 10.9 Å². The van der Waals surface area contributed by atoms with E-state index in [2.05, 4.69) is 20.8 Å². The number of anilines is 1. The number of para-hydroxylation sites is 1. The van der Waals surface area contributed by atoms with E-state index < -0.39 is 46.2 Å². The first-order valence-corrected chi connectivity index (χ1v) is 9.91. The maximum atomic E-state index is 13.5. The first kappa shape index (κ1) is 22.4. The van der Waals surface area contributed by atoms with Crippen LogP contribution >= 0.6 is 11.3 Å². The number of carbonyl (C=O) groups is 2. The Hall–Kier alpha value is -3.25. The normalized spacial score (nSPS) is 12.5. The summed E-state index contributed by atoms with van der Waals surface area (Å²) >= 11 is 1.11. The van der Waals surface area contributed by atoms with Crippen LogP contribution in [0.15, 0.2) is 34.6 Å². The SMILES string of the molecule is CCC(NOC(C)=O)c1[nH]c2c(C(F)(F)F)cccc2c(=O)c1C(=O)Nc1nccs1. The van der Waals surface area contributed by atoms with Crippen LogP contribution in [0.4, 0.5) is 18.3 Å². The van der Waals surface area contributed by atoms with Gasteiger partial charge in [0.15, 0.2) is 5.13 Å². The van der Waals surface area contributed by atoms with E-state index in [-0.39, 0.29) is 22.6 Å². The predicted octanol–water partition coefficient (Wildman–Crippen LogP) is 3.77. The van der Waals surface area contributed by atoms with Gasteiger partial charge in [-0.2, -0.15) is 13.2 Å². The number of rotatable bonds is 6. The molecule has 0 aliphatic heterocycles. The van der Waals surface area contributed by atoms with E-state index in [0.717, 1.165) is 30.4 Å². The Morgan fingerprint density at radius 2 is 2.06 bits per heavy atom. The fraction of sp³-hybridized carbons (Fsp3) is 0.263. The Morgan fingerprint density at radius 1 is 1.32 bits per heavy atom. The monoisotopic (exact) mass is 454 g/mol. The van der Waals surface area contributed by atoms with Gasteiger partial charge in [-0.3, -0.25) is 19.7 Å². The summed E-state index contributed by atoms with van der Waals surface area (Å²) in [5, 5.41) is 3.98. The molecule has 1 amide bonds. The van der Waals surface area contributed by atoms with Gasteiger partial charge in [-0.05, 0) is 18.6 Å². The molecule has 0 spiro atoms. The lowest BCUT2D eigenvalue weighted by atomic mass is 9.99. The van der Waals surface area contributed by atoms with Gasteiger partial charge in [-0.1, -0.05) is 13.0 Å². The number of alkyl halides is 3. The largest absolute Gasteiger partial charge is 0.418 e. The number of thiazole rings is 1. The van der Waals surface area contributed by atoms with Crippen molar-refractivity contribution in [3.05, 3.63) is 56.8 Å². The van der Waals surface area contributed by atoms with Crippen molar-refractivity contribution in [1.82, 2.24) is 15.4 Å². The third-order valence-electron chi connectivity index (χ3n) is 4.35. The van der Waals surface area contributed by atoms with Crippen LogP contribution in [-0.2, 0) is 15.8 Å². The average Bonchev–Trinajstić information content (AvgIpc) is 3.20. The van der Waals surface area contributed by atoms with Crippen molar-refractivity contribution in [3.8, 4) is 0 Å². The number of hydrogen-bond acceptors (Lipinski definition) is 7. The third kappa shape index (κ3) is 4.75. The fourth-order valence-electron chi connectivity index (χ4n) is 3.00. The van der Waals surface area contributed by atoms with Gasteiger partial charge >= 0.3 is 12.1 Å². The summed E-state index contributed by atoms with van der Waals surface area (Å²) in [6.07, 6.45) is -3.12. The predicted molar refractivity (Wildman–Crippen MR) is 108 cm³/mol. The van der Waals surface area contributed by atoms with Crippen molar-refractivity contribution in [3.63, 3.8) is 0 Å². The standard InChI is InChI=1S/C19H17F3N4O4S/c1-3-12(26-30-9(2)27)15-13(17(29)25-18-23-7-8-31-18)16(28)10-5-4-6-11(14(10)24-15)19(20,21)22/h4-8,12,26H,3H2,1-2H3,(H,24,28)(H,23,25,29). The average molecular weight is 454 g/mol. The van der Waals surface area contributed by atoms with Crippen molar-refractivity contribution >= 4 is 39.2 Å². The molecule has 12 heteroatoms. The number of aromatic nitrogens is 2. The number of benzene rings is 1. The van der Waals surface area contributed by atoms with Gasteiger partial charge in [-0.15, -0.1) is 16.8 Å². The minimum absolute atomic E-state index is 0.146. The van der Waals surface area contributed by atoms with Gasteiger partial charge in [0.1, 0.15) is 5.56 Å². The number of H-pyrrole nitrogens is 1. The highest BCUT2D eigenvalue weighted by molar-refractivity contribution is 7.13. The van der Waals surface area contributed by atoms with Gasteiger partial charge < -0.3 is 9.82 Å². The number of halogens is 3. The van der Waals surface area contributed by atoms with Crippen LogP contribution in [0.3, 0.4) is 0 Å². The molecule has 0 aliphatic carbocycles. The summed E-state index contributed by atoms with van der Waals surface area (Å²) in [6, 6.07) is 2.17. The van der Waals surface area contributed by atoms with Crippen LogP contribution < -0.4 is 16.2 Å². The van der Waals surface area contributed by atoms with Gasteiger partial charge in [0.25, 0.3) is 5.91 Å². The molecule has 1 unspecified atom stereocenters. The molecule has 0 radical (unpaired) electrons. The van der Waals surface area contributed by atoms with E-state index >= 15 is 0 Å². The van der Waals surface area contributed by atoms with Crippen molar-refractivity contribution in [2.75, 3.05) is 5.32 Å². The highest BCUT2D eigenvalue weighted by Gasteiger charge is 2.35. The smallest absolute Gasteiger partial charge is 0.370 e. The molecule has 2 aromatic heterocycles. The molecular weight excluding hydrogens is 437 g/mol. The molecule has 0 aliphatic rings. The lowest BCUT2D eigenvalue weighted by Crippen LogP contribution is -2.32. The van der Waals surface area contributed by atoms with E-state index in [1.165, 1.54) is 12.3 Å². The zero-order valence-corrected chi connectivity index (χ0v) is 17.1. The number of hydroxylamine groups is 1. The van der Waals surface area contributed by atoms with Crippen molar-refractivity contribution < 1.29 is 27.6 Å². The molecular formula is C19H17F3N4O4S. The quantitative estimate of drug-likeness (QED) is 0.489. The Kier molecular flexibility index (Phi) is 6.41. The third-order valence-corrected chi connectivity index (χ3v) is 5.04. The lowest BCUT2D eigenvalue weighted by molar-refractivity contribution is -0.150. The summed E-state index contributed by atoms with van der Waals surface area (Å²) in [7, 11) is 0. The summed E-state index contributed by atoms with van der Waals surface area (Å²) < 4.78 is 40.6.